The van der Waals surface area contributed by atoms with E-state index in [9.17, 15) is 13.2 Å². The molecule has 12 heavy (non-hydrogen) atoms. The monoisotopic (exact) mass is 180 g/mol. The predicted molar refractivity (Wildman–Crippen MR) is 40.6 cm³/mol. The fraction of sp³-hybridized carbons (Fsp3) is 0.500. The van der Waals surface area contributed by atoms with Crippen LogP contribution in [0.25, 0.3) is 0 Å². The Labute approximate surface area is 69.2 Å². The van der Waals surface area contributed by atoms with Gasteiger partial charge in [-0.25, -0.2) is 4.39 Å². The molecular formula is C8H11F3O. The molecule has 0 bridgehead atoms. The summed E-state index contributed by atoms with van der Waals surface area (Å²) < 4.78 is 38.1. The molecule has 0 aromatic carbocycles. The van der Waals surface area contributed by atoms with Crippen LogP contribution >= 0.6 is 0 Å². The van der Waals surface area contributed by atoms with Gasteiger partial charge in [0.05, 0.1) is 0 Å². The van der Waals surface area contributed by atoms with Gasteiger partial charge in [0.15, 0.2) is 5.83 Å². The highest BCUT2D eigenvalue weighted by Crippen LogP contribution is 2.31. The van der Waals surface area contributed by atoms with Crippen LogP contribution in [-0.4, -0.2) is 17.1 Å². The summed E-state index contributed by atoms with van der Waals surface area (Å²) in [5.74, 6) is -5.46. The zero-order valence-electron chi connectivity index (χ0n) is 6.94. The second-order valence-corrected chi connectivity index (χ2v) is 2.62. The largest absolute Gasteiger partial charge is 0.382 e. The second-order valence-electron chi connectivity index (χ2n) is 2.62. The molecule has 1 nitrogen and oxygen atoms in total. The Bertz CT molecular complexity index is 204. The molecular weight excluding hydrogens is 169 g/mol. The summed E-state index contributed by atoms with van der Waals surface area (Å²) in [6.07, 6.45) is -1.57. The average Bonchev–Trinajstić information content (AvgIpc) is 2.01. The zero-order valence-corrected chi connectivity index (χ0v) is 6.94. The van der Waals surface area contributed by atoms with Gasteiger partial charge >= 0.3 is 5.92 Å². The lowest BCUT2D eigenvalue weighted by atomic mass is 10.1. The summed E-state index contributed by atoms with van der Waals surface area (Å²) >= 11 is 0. The molecule has 0 aromatic heterocycles. The molecule has 0 heterocycles. The lowest BCUT2D eigenvalue weighted by Gasteiger charge is -2.18. The van der Waals surface area contributed by atoms with E-state index in [1.807, 2.05) is 0 Å². The summed E-state index contributed by atoms with van der Waals surface area (Å²) in [6, 6.07) is 0. The number of hydrogen-bond acceptors (Lipinski definition) is 1. The first-order valence-electron chi connectivity index (χ1n) is 3.36. The smallest absolute Gasteiger partial charge is 0.327 e. The fourth-order valence-corrected chi connectivity index (χ4v) is 0.611. The Hall–Kier alpha value is -0.770. The number of halogens is 3. The summed E-state index contributed by atoms with van der Waals surface area (Å²) in [4.78, 5) is 0. The lowest BCUT2D eigenvalue weighted by molar-refractivity contribution is -0.0707. The Morgan fingerprint density at radius 1 is 1.50 bits per heavy atom. The highest BCUT2D eigenvalue weighted by Gasteiger charge is 2.42. The van der Waals surface area contributed by atoms with Gasteiger partial charge in [-0.15, -0.1) is 6.58 Å². The Morgan fingerprint density at radius 2 is 1.92 bits per heavy atom. The van der Waals surface area contributed by atoms with E-state index in [4.69, 9.17) is 5.11 Å². The molecule has 1 atom stereocenters. The van der Waals surface area contributed by atoms with Crippen LogP contribution in [0.4, 0.5) is 13.2 Å². The minimum Gasteiger partial charge on any atom is -0.382 e. The van der Waals surface area contributed by atoms with Crippen LogP contribution in [0, 0.1) is 0 Å². The number of rotatable bonds is 3. The molecule has 4 heteroatoms. The van der Waals surface area contributed by atoms with E-state index in [1.165, 1.54) is 13.8 Å². The fourth-order valence-electron chi connectivity index (χ4n) is 0.611. The number of hydrogen-bond donors (Lipinski definition) is 1. The molecule has 0 amide bonds. The van der Waals surface area contributed by atoms with Gasteiger partial charge in [0.2, 0.25) is 0 Å². The van der Waals surface area contributed by atoms with Crippen molar-refractivity contribution in [2.75, 3.05) is 0 Å². The summed E-state index contributed by atoms with van der Waals surface area (Å²) in [6.45, 7) is 5.36. The van der Waals surface area contributed by atoms with Gasteiger partial charge in [-0.2, -0.15) is 8.78 Å². The molecule has 0 aliphatic rings. The Balaban J connectivity index is 4.85. The van der Waals surface area contributed by atoms with Crippen LogP contribution in [-0.2, 0) is 0 Å². The van der Waals surface area contributed by atoms with E-state index >= 15 is 0 Å². The third-order valence-corrected chi connectivity index (χ3v) is 1.33. The molecule has 70 valence electrons. The molecule has 0 saturated heterocycles. The third-order valence-electron chi connectivity index (χ3n) is 1.33. The van der Waals surface area contributed by atoms with Crippen molar-refractivity contribution in [3.8, 4) is 0 Å². The topological polar surface area (TPSA) is 20.2 Å². The van der Waals surface area contributed by atoms with E-state index in [1.54, 1.807) is 0 Å². The zero-order chi connectivity index (χ0) is 9.94. The van der Waals surface area contributed by atoms with Crippen LogP contribution in [0.2, 0.25) is 0 Å². The number of aliphatic hydroxyl groups is 1. The molecule has 0 rings (SSSR count). The average molecular weight is 180 g/mol. The maximum Gasteiger partial charge on any atom is 0.327 e. The standard InChI is InChI=1S/C8H11F3O/c1-4-6(12)8(10,11)7(9)5(2)3/h4,6,12H,1H2,2-3H3/t6-/m0/s1. The van der Waals surface area contributed by atoms with Crippen LogP contribution in [0.3, 0.4) is 0 Å². The van der Waals surface area contributed by atoms with Crippen LogP contribution in [0.5, 0.6) is 0 Å². The molecule has 0 aromatic rings. The SMILES string of the molecule is C=C[C@H](O)C(F)(F)C(F)=C(C)C. The van der Waals surface area contributed by atoms with Gasteiger partial charge in [0, 0.05) is 0 Å². The first kappa shape index (κ1) is 11.2. The van der Waals surface area contributed by atoms with Gasteiger partial charge in [0.25, 0.3) is 0 Å². The number of allylic oxidation sites excluding steroid dienone is 1. The Kier molecular flexibility index (Phi) is 3.52. The first-order chi connectivity index (χ1) is 5.34. The third kappa shape index (κ3) is 2.11. The maximum atomic E-state index is 12.7. The van der Waals surface area contributed by atoms with Crippen molar-refractivity contribution < 1.29 is 18.3 Å². The van der Waals surface area contributed by atoms with Gasteiger partial charge in [0.1, 0.15) is 6.10 Å². The highest BCUT2D eigenvalue weighted by atomic mass is 19.3. The quantitative estimate of drug-likeness (QED) is 0.661. The summed E-state index contributed by atoms with van der Waals surface area (Å²) in [5, 5.41) is 8.66. The van der Waals surface area contributed by atoms with Crippen molar-refractivity contribution in [1.29, 1.82) is 0 Å². The van der Waals surface area contributed by atoms with E-state index in [2.05, 4.69) is 6.58 Å². The van der Waals surface area contributed by atoms with Crippen molar-refractivity contribution in [3.05, 3.63) is 24.1 Å². The van der Waals surface area contributed by atoms with Crippen LogP contribution in [0.1, 0.15) is 13.8 Å². The summed E-state index contributed by atoms with van der Waals surface area (Å²) in [7, 11) is 0. The van der Waals surface area contributed by atoms with E-state index in [0.29, 0.717) is 6.08 Å². The minimum absolute atomic E-state index is 0.152. The van der Waals surface area contributed by atoms with E-state index in [0.717, 1.165) is 0 Å². The molecule has 0 saturated carbocycles. The van der Waals surface area contributed by atoms with Gasteiger partial charge < -0.3 is 5.11 Å². The summed E-state index contributed by atoms with van der Waals surface area (Å²) in [5.41, 5.74) is -0.152. The lowest BCUT2D eigenvalue weighted by Crippen LogP contribution is -2.32. The molecule has 0 radical (unpaired) electrons. The molecule has 0 unspecified atom stereocenters. The van der Waals surface area contributed by atoms with Crippen LogP contribution < -0.4 is 0 Å². The van der Waals surface area contributed by atoms with E-state index < -0.39 is 17.9 Å². The molecule has 0 aliphatic carbocycles. The highest BCUT2D eigenvalue weighted by molar-refractivity contribution is 5.15. The first-order valence-corrected chi connectivity index (χ1v) is 3.36. The van der Waals surface area contributed by atoms with Crippen molar-refractivity contribution in [2.24, 2.45) is 0 Å². The molecule has 0 spiro atoms. The van der Waals surface area contributed by atoms with Gasteiger partial charge in [-0.05, 0) is 19.4 Å². The number of alkyl halides is 2. The van der Waals surface area contributed by atoms with Crippen molar-refractivity contribution >= 4 is 0 Å². The van der Waals surface area contributed by atoms with Gasteiger partial charge in [-0.3, -0.25) is 0 Å². The van der Waals surface area contributed by atoms with Crippen molar-refractivity contribution in [3.63, 3.8) is 0 Å². The maximum absolute atomic E-state index is 12.7. The number of aliphatic hydroxyl groups excluding tert-OH is 1. The van der Waals surface area contributed by atoms with E-state index in [-0.39, 0.29) is 5.57 Å². The second kappa shape index (κ2) is 3.76. The normalized spacial score (nSPS) is 13.8. The van der Waals surface area contributed by atoms with Gasteiger partial charge in [-0.1, -0.05) is 6.08 Å². The molecule has 0 aliphatic heterocycles. The molecule has 1 N–H and O–H groups in total. The van der Waals surface area contributed by atoms with Crippen molar-refractivity contribution in [1.82, 2.24) is 0 Å². The Morgan fingerprint density at radius 3 is 2.17 bits per heavy atom. The molecule has 0 fully saturated rings. The van der Waals surface area contributed by atoms with Crippen molar-refractivity contribution in [2.45, 2.75) is 25.9 Å². The predicted octanol–water partition coefficient (Wildman–Crippen LogP) is 2.43. The van der Waals surface area contributed by atoms with Crippen LogP contribution in [0.15, 0.2) is 24.1 Å². The minimum atomic E-state index is -3.86.